The molecule has 2 aromatic rings. The summed E-state index contributed by atoms with van der Waals surface area (Å²) in [6.07, 6.45) is 1.22. The Morgan fingerprint density at radius 1 is 1.15 bits per heavy atom. The average molecular weight is 391 g/mol. The molecule has 1 amide bonds. The van der Waals surface area contributed by atoms with Gasteiger partial charge in [-0.15, -0.1) is 0 Å². The second-order valence-corrected chi connectivity index (χ2v) is 8.12. The first-order chi connectivity index (χ1) is 12.8. The van der Waals surface area contributed by atoms with Crippen LogP contribution in [0.4, 0.5) is 0 Å². The molecule has 0 saturated carbocycles. The van der Waals surface area contributed by atoms with Crippen LogP contribution in [0.15, 0.2) is 52.3 Å². The first-order valence-electron chi connectivity index (χ1n) is 8.80. The second kappa shape index (κ2) is 8.96. The highest BCUT2D eigenvalue weighted by molar-refractivity contribution is 7.89. The molecule has 0 aliphatic rings. The van der Waals surface area contributed by atoms with Gasteiger partial charge in [-0.05, 0) is 18.6 Å². The predicted octanol–water partition coefficient (Wildman–Crippen LogP) is 1.50. The van der Waals surface area contributed by atoms with E-state index in [1.165, 1.54) is 22.6 Å². The third kappa shape index (κ3) is 5.27. The topological polar surface area (TPSA) is 88.5 Å². The van der Waals surface area contributed by atoms with Gasteiger partial charge >= 0.3 is 0 Å². The fraction of sp³-hybridized carbons (Fsp3) is 0.368. The van der Waals surface area contributed by atoms with E-state index in [9.17, 15) is 18.0 Å². The van der Waals surface area contributed by atoms with Crippen LogP contribution in [0, 0.1) is 6.92 Å². The average Bonchev–Trinajstić information content (AvgIpc) is 2.62. The van der Waals surface area contributed by atoms with E-state index >= 15 is 0 Å². The highest BCUT2D eigenvalue weighted by Gasteiger charge is 2.22. The van der Waals surface area contributed by atoms with E-state index in [4.69, 9.17) is 0 Å². The molecule has 0 aliphatic heterocycles. The van der Waals surface area contributed by atoms with Crippen molar-refractivity contribution in [2.45, 2.75) is 38.8 Å². The van der Waals surface area contributed by atoms with Crippen LogP contribution in [0.1, 0.15) is 25.0 Å². The van der Waals surface area contributed by atoms with Crippen molar-refractivity contribution < 1.29 is 13.2 Å². The summed E-state index contributed by atoms with van der Waals surface area (Å²) in [6.45, 7) is 6.21. The third-order valence-electron chi connectivity index (χ3n) is 4.19. The minimum Gasteiger partial charge on any atom is -0.350 e. The predicted molar refractivity (Wildman–Crippen MR) is 104 cm³/mol. The fourth-order valence-corrected chi connectivity index (χ4v) is 4.21. The van der Waals surface area contributed by atoms with Crippen molar-refractivity contribution in [3.05, 3.63) is 64.1 Å². The summed E-state index contributed by atoms with van der Waals surface area (Å²) in [7, 11) is -3.69. The zero-order chi connectivity index (χ0) is 20.0. The Balaban J connectivity index is 2.14. The molecule has 27 heavy (non-hydrogen) atoms. The van der Waals surface area contributed by atoms with E-state index in [1.807, 2.05) is 31.2 Å². The van der Waals surface area contributed by atoms with Gasteiger partial charge in [0, 0.05) is 31.9 Å². The van der Waals surface area contributed by atoms with E-state index in [2.05, 4.69) is 5.32 Å². The van der Waals surface area contributed by atoms with E-state index in [1.54, 1.807) is 13.8 Å². The Labute approximate surface area is 159 Å². The Morgan fingerprint density at radius 2 is 1.85 bits per heavy atom. The third-order valence-corrected chi connectivity index (χ3v) is 6.22. The second-order valence-electron chi connectivity index (χ2n) is 6.19. The van der Waals surface area contributed by atoms with Gasteiger partial charge in [-0.1, -0.05) is 43.7 Å². The van der Waals surface area contributed by atoms with E-state index in [0.717, 1.165) is 15.7 Å². The number of aromatic nitrogens is 1. The Morgan fingerprint density at radius 3 is 2.48 bits per heavy atom. The lowest BCUT2D eigenvalue weighted by atomic mass is 10.1. The Hall–Kier alpha value is -2.45. The SMILES string of the molecule is CCN(CC)S(=O)(=O)c1ccc(=O)n(CC(=O)NCc2cccc(C)c2)c1. The van der Waals surface area contributed by atoms with Crippen LogP contribution >= 0.6 is 0 Å². The van der Waals surface area contributed by atoms with Crippen molar-refractivity contribution in [3.63, 3.8) is 0 Å². The van der Waals surface area contributed by atoms with Crippen LogP contribution in [0.5, 0.6) is 0 Å². The van der Waals surface area contributed by atoms with Crippen LogP contribution in [0.2, 0.25) is 0 Å². The zero-order valence-corrected chi connectivity index (χ0v) is 16.6. The van der Waals surface area contributed by atoms with Crippen LogP contribution in [-0.4, -0.2) is 36.3 Å². The van der Waals surface area contributed by atoms with E-state index in [-0.39, 0.29) is 17.3 Å². The smallest absolute Gasteiger partial charge is 0.251 e. The van der Waals surface area contributed by atoms with Crippen molar-refractivity contribution >= 4 is 15.9 Å². The number of benzene rings is 1. The summed E-state index contributed by atoms with van der Waals surface area (Å²) in [5, 5.41) is 2.75. The monoisotopic (exact) mass is 391 g/mol. The minimum atomic E-state index is -3.69. The molecule has 146 valence electrons. The molecule has 2 rings (SSSR count). The number of carbonyl (C=O) groups is 1. The van der Waals surface area contributed by atoms with Crippen molar-refractivity contribution in [2.24, 2.45) is 0 Å². The van der Waals surface area contributed by atoms with Crippen molar-refractivity contribution in [1.29, 1.82) is 0 Å². The van der Waals surface area contributed by atoms with Crippen LogP contribution < -0.4 is 10.9 Å². The van der Waals surface area contributed by atoms with Gasteiger partial charge in [0.2, 0.25) is 15.9 Å². The molecule has 8 heteroatoms. The lowest BCUT2D eigenvalue weighted by Crippen LogP contribution is -2.34. The number of pyridine rings is 1. The number of hydrogen-bond donors (Lipinski definition) is 1. The summed E-state index contributed by atoms with van der Waals surface area (Å²) >= 11 is 0. The number of carbonyl (C=O) groups excluding carboxylic acids is 1. The minimum absolute atomic E-state index is 0.00251. The summed E-state index contributed by atoms with van der Waals surface area (Å²) < 4.78 is 27.6. The molecule has 0 atom stereocenters. The van der Waals surface area contributed by atoms with Crippen molar-refractivity contribution in [3.8, 4) is 0 Å². The molecule has 1 aromatic heterocycles. The first kappa shape index (κ1) is 20.9. The lowest BCUT2D eigenvalue weighted by Gasteiger charge is -2.19. The molecule has 0 fully saturated rings. The Kier molecular flexibility index (Phi) is 6.92. The molecule has 7 nitrogen and oxygen atoms in total. The number of rotatable bonds is 8. The quantitative estimate of drug-likeness (QED) is 0.739. The summed E-state index contributed by atoms with van der Waals surface area (Å²) in [4.78, 5) is 24.2. The van der Waals surface area contributed by atoms with Crippen LogP contribution in [0.25, 0.3) is 0 Å². The molecule has 0 spiro atoms. The van der Waals surface area contributed by atoms with Gasteiger partial charge in [-0.3, -0.25) is 9.59 Å². The molecular formula is C19H25N3O4S. The van der Waals surface area contributed by atoms with Gasteiger partial charge in [0.25, 0.3) is 5.56 Å². The lowest BCUT2D eigenvalue weighted by molar-refractivity contribution is -0.121. The zero-order valence-electron chi connectivity index (χ0n) is 15.8. The van der Waals surface area contributed by atoms with Crippen LogP contribution in [0.3, 0.4) is 0 Å². The molecule has 1 N–H and O–H groups in total. The van der Waals surface area contributed by atoms with Gasteiger partial charge in [-0.2, -0.15) is 4.31 Å². The number of aryl methyl sites for hydroxylation is 1. The molecule has 0 radical (unpaired) electrons. The van der Waals surface area contributed by atoms with Gasteiger partial charge in [-0.25, -0.2) is 8.42 Å². The van der Waals surface area contributed by atoms with E-state index < -0.39 is 15.6 Å². The van der Waals surface area contributed by atoms with Gasteiger partial charge in [0.1, 0.15) is 6.54 Å². The molecule has 0 unspecified atom stereocenters. The number of hydrogen-bond acceptors (Lipinski definition) is 4. The summed E-state index contributed by atoms with van der Waals surface area (Å²) in [5.74, 6) is -0.365. The number of nitrogens with one attached hydrogen (secondary N) is 1. The number of nitrogens with zero attached hydrogens (tertiary/aromatic N) is 2. The summed E-state index contributed by atoms with van der Waals surface area (Å²) in [6, 6.07) is 10.2. The normalized spacial score (nSPS) is 11.6. The standard InChI is InChI=1S/C19H25N3O4S/c1-4-22(5-2)27(25,26)17-9-10-19(24)21(13-17)14-18(23)20-12-16-8-6-7-15(3)11-16/h6-11,13H,4-5,12,14H2,1-3H3,(H,20,23). The highest BCUT2D eigenvalue weighted by atomic mass is 32.2. The first-order valence-corrected chi connectivity index (χ1v) is 10.2. The number of amides is 1. The summed E-state index contributed by atoms with van der Waals surface area (Å²) in [5.41, 5.74) is 1.61. The number of sulfonamides is 1. The Bertz CT molecular complexity index is 963. The maximum absolute atomic E-state index is 12.6. The van der Waals surface area contributed by atoms with Gasteiger partial charge in [0.15, 0.2) is 0 Å². The fourth-order valence-electron chi connectivity index (χ4n) is 2.73. The maximum atomic E-state index is 12.6. The molecule has 0 bridgehead atoms. The van der Waals surface area contributed by atoms with E-state index in [0.29, 0.717) is 19.6 Å². The highest BCUT2D eigenvalue weighted by Crippen LogP contribution is 2.13. The molecule has 0 saturated heterocycles. The van der Waals surface area contributed by atoms with Gasteiger partial charge < -0.3 is 9.88 Å². The molecule has 0 aliphatic carbocycles. The molecular weight excluding hydrogens is 366 g/mol. The largest absolute Gasteiger partial charge is 0.350 e. The molecule has 1 aromatic carbocycles. The van der Waals surface area contributed by atoms with Crippen molar-refractivity contribution in [1.82, 2.24) is 14.2 Å². The van der Waals surface area contributed by atoms with Crippen molar-refractivity contribution in [2.75, 3.05) is 13.1 Å². The molecule has 1 heterocycles. The van der Waals surface area contributed by atoms with Crippen LogP contribution in [-0.2, 0) is 27.9 Å². The maximum Gasteiger partial charge on any atom is 0.251 e. The van der Waals surface area contributed by atoms with Gasteiger partial charge in [0.05, 0.1) is 4.90 Å².